The van der Waals surface area contributed by atoms with Gasteiger partial charge in [-0.25, -0.2) is 0 Å². The summed E-state index contributed by atoms with van der Waals surface area (Å²) in [5, 5.41) is 0. The lowest BCUT2D eigenvalue weighted by molar-refractivity contribution is 0.154. The van der Waals surface area contributed by atoms with E-state index in [1.807, 2.05) is 0 Å². The van der Waals surface area contributed by atoms with Crippen molar-refractivity contribution in [3.63, 3.8) is 0 Å². The molecule has 94 valence electrons. The normalized spacial score (nSPS) is 32.8. The summed E-state index contributed by atoms with van der Waals surface area (Å²) in [5.74, 6) is 3.34. The third-order valence-electron chi connectivity index (χ3n) is 5.11. The molecule has 0 aliphatic heterocycles. The van der Waals surface area contributed by atoms with Crippen LogP contribution in [0.5, 0.6) is 0 Å². The molecule has 0 aromatic carbocycles. The van der Waals surface area contributed by atoms with Crippen LogP contribution in [0.4, 0.5) is 0 Å². The van der Waals surface area contributed by atoms with Gasteiger partial charge in [-0.3, -0.25) is 0 Å². The van der Waals surface area contributed by atoms with Crippen LogP contribution in [0, 0.1) is 17.8 Å². The van der Waals surface area contributed by atoms with Crippen molar-refractivity contribution in [2.75, 3.05) is 0 Å². The zero-order valence-electron chi connectivity index (χ0n) is 11.2. The van der Waals surface area contributed by atoms with E-state index in [2.05, 4.69) is 6.92 Å². The van der Waals surface area contributed by atoms with Gasteiger partial charge in [-0.05, 0) is 24.2 Å². The summed E-state index contributed by atoms with van der Waals surface area (Å²) in [7, 11) is 0. The molecule has 2 rings (SSSR count). The Hall–Kier alpha value is 0. The molecule has 16 heavy (non-hydrogen) atoms. The lowest BCUT2D eigenvalue weighted by Gasteiger charge is -2.36. The second-order valence-electron chi connectivity index (χ2n) is 6.33. The monoisotopic (exact) mass is 222 g/mol. The van der Waals surface area contributed by atoms with Crippen LogP contribution >= 0.6 is 0 Å². The topological polar surface area (TPSA) is 0 Å². The molecule has 0 saturated heterocycles. The van der Waals surface area contributed by atoms with Crippen molar-refractivity contribution in [2.24, 2.45) is 17.8 Å². The molecule has 0 aromatic heterocycles. The fourth-order valence-corrected chi connectivity index (χ4v) is 4.12. The second-order valence-corrected chi connectivity index (χ2v) is 6.33. The number of unbranched alkanes of at least 4 members (excludes halogenated alkanes) is 1. The maximum absolute atomic E-state index is 2.33. The number of rotatable bonds is 4. The molecule has 2 fully saturated rings. The largest absolute Gasteiger partial charge is 0.0654 e. The average molecular weight is 222 g/mol. The van der Waals surface area contributed by atoms with Gasteiger partial charge in [0, 0.05) is 0 Å². The van der Waals surface area contributed by atoms with Crippen LogP contribution < -0.4 is 0 Å². The molecule has 0 spiro atoms. The van der Waals surface area contributed by atoms with E-state index in [1.54, 1.807) is 32.1 Å². The van der Waals surface area contributed by atoms with Crippen LogP contribution in [0.15, 0.2) is 0 Å². The third-order valence-corrected chi connectivity index (χ3v) is 5.11. The fourth-order valence-electron chi connectivity index (χ4n) is 4.12. The van der Waals surface area contributed by atoms with Gasteiger partial charge in [0.15, 0.2) is 0 Å². The molecule has 0 radical (unpaired) electrons. The Morgan fingerprint density at radius 3 is 2.31 bits per heavy atom. The summed E-state index contributed by atoms with van der Waals surface area (Å²) in [4.78, 5) is 0. The van der Waals surface area contributed by atoms with Gasteiger partial charge >= 0.3 is 0 Å². The highest BCUT2D eigenvalue weighted by Gasteiger charge is 2.28. The first-order valence-corrected chi connectivity index (χ1v) is 7.90. The van der Waals surface area contributed by atoms with Gasteiger partial charge in [0.05, 0.1) is 0 Å². The molecule has 0 amide bonds. The first kappa shape index (κ1) is 12.5. The average Bonchev–Trinajstić information content (AvgIpc) is 2.38. The van der Waals surface area contributed by atoms with Crippen molar-refractivity contribution < 1.29 is 0 Å². The molecule has 0 N–H and O–H groups in total. The molecule has 2 aliphatic rings. The zero-order chi connectivity index (χ0) is 11.2. The lowest BCUT2D eigenvalue weighted by atomic mass is 9.69. The third kappa shape index (κ3) is 3.50. The standard InChI is InChI=1S/C16H30/c1-2-3-8-14-9-7-12-16(13-14)15-10-5-4-6-11-15/h14-16H,2-13H2,1H3. The molecule has 0 nitrogen and oxygen atoms in total. The highest BCUT2D eigenvalue weighted by molar-refractivity contribution is 4.80. The Kier molecular flexibility index (Phi) is 5.19. The fraction of sp³-hybridized carbons (Fsp3) is 1.00. The van der Waals surface area contributed by atoms with Gasteiger partial charge in [0.25, 0.3) is 0 Å². The molecule has 0 heteroatoms. The Morgan fingerprint density at radius 2 is 1.56 bits per heavy atom. The molecule has 2 unspecified atom stereocenters. The SMILES string of the molecule is CCCCC1CCCC(C2CCCCC2)C1. The summed E-state index contributed by atoms with van der Waals surface area (Å²) < 4.78 is 0. The van der Waals surface area contributed by atoms with E-state index in [9.17, 15) is 0 Å². The van der Waals surface area contributed by atoms with Crippen LogP contribution in [0.2, 0.25) is 0 Å². The molecule has 0 bridgehead atoms. The maximum atomic E-state index is 2.33. The van der Waals surface area contributed by atoms with Crippen molar-refractivity contribution in [3.8, 4) is 0 Å². The zero-order valence-corrected chi connectivity index (χ0v) is 11.2. The summed E-state index contributed by atoms with van der Waals surface area (Å²) in [5.41, 5.74) is 0. The molecule has 2 saturated carbocycles. The van der Waals surface area contributed by atoms with Crippen molar-refractivity contribution in [1.82, 2.24) is 0 Å². The first-order chi connectivity index (χ1) is 7.90. The van der Waals surface area contributed by atoms with E-state index in [-0.39, 0.29) is 0 Å². The predicted octanol–water partition coefficient (Wildman–Crippen LogP) is 5.56. The highest BCUT2D eigenvalue weighted by atomic mass is 14.3. The van der Waals surface area contributed by atoms with E-state index < -0.39 is 0 Å². The summed E-state index contributed by atoms with van der Waals surface area (Å²) >= 11 is 0. The second kappa shape index (κ2) is 6.67. The van der Waals surface area contributed by atoms with E-state index >= 15 is 0 Å². The van der Waals surface area contributed by atoms with E-state index in [1.165, 1.54) is 44.9 Å². The molecule has 0 heterocycles. The van der Waals surface area contributed by atoms with Gasteiger partial charge in [-0.15, -0.1) is 0 Å². The lowest BCUT2D eigenvalue weighted by Crippen LogP contribution is -2.24. The Balaban J connectivity index is 1.76. The van der Waals surface area contributed by atoms with Crippen LogP contribution in [-0.2, 0) is 0 Å². The maximum Gasteiger partial charge on any atom is -0.0383 e. The Morgan fingerprint density at radius 1 is 0.812 bits per heavy atom. The van der Waals surface area contributed by atoms with Crippen molar-refractivity contribution in [2.45, 2.75) is 84.0 Å². The van der Waals surface area contributed by atoms with Crippen LogP contribution in [-0.4, -0.2) is 0 Å². The van der Waals surface area contributed by atoms with E-state index in [4.69, 9.17) is 0 Å². The smallest absolute Gasteiger partial charge is 0.0383 e. The molecule has 2 aliphatic carbocycles. The summed E-state index contributed by atoms with van der Waals surface area (Å²) in [6.07, 6.45) is 18.3. The van der Waals surface area contributed by atoms with Gasteiger partial charge < -0.3 is 0 Å². The van der Waals surface area contributed by atoms with Crippen LogP contribution in [0.1, 0.15) is 84.0 Å². The van der Waals surface area contributed by atoms with Crippen LogP contribution in [0.25, 0.3) is 0 Å². The van der Waals surface area contributed by atoms with Crippen molar-refractivity contribution in [3.05, 3.63) is 0 Å². The minimum atomic E-state index is 1.10. The minimum absolute atomic E-state index is 1.10. The van der Waals surface area contributed by atoms with Gasteiger partial charge in [-0.1, -0.05) is 77.6 Å². The minimum Gasteiger partial charge on any atom is -0.0654 e. The quantitative estimate of drug-likeness (QED) is 0.584. The molecule has 0 aromatic rings. The number of hydrogen-bond acceptors (Lipinski definition) is 0. The van der Waals surface area contributed by atoms with E-state index in [0.29, 0.717) is 0 Å². The van der Waals surface area contributed by atoms with Crippen molar-refractivity contribution >= 4 is 0 Å². The Bertz CT molecular complexity index is 178. The summed E-state index contributed by atoms with van der Waals surface area (Å²) in [6, 6.07) is 0. The number of hydrogen-bond donors (Lipinski definition) is 0. The van der Waals surface area contributed by atoms with Gasteiger partial charge in [-0.2, -0.15) is 0 Å². The highest BCUT2D eigenvalue weighted by Crippen LogP contribution is 2.41. The first-order valence-electron chi connectivity index (χ1n) is 7.90. The van der Waals surface area contributed by atoms with Gasteiger partial charge in [0.1, 0.15) is 0 Å². The van der Waals surface area contributed by atoms with E-state index in [0.717, 1.165) is 17.8 Å². The molecular formula is C16H30. The molecular weight excluding hydrogens is 192 g/mol. The predicted molar refractivity (Wildman–Crippen MR) is 71.5 cm³/mol. The Labute approximate surface area is 102 Å². The van der Waals surface area contributed by atoms with Crippen LogP contribution in [0.3, 0.4) is 0 Å². The van der Waals surface area contributed by atoms with Crippen molar-refractivity contribution in [1.29, 1.82) is 0 Å². The van der Waals surface area contributed by atoms with Gasteiger partial charge in [0.2, 0.25) is 0 Å². The summed E-state index contributed by atoms with van der Waals surface area (Å²) in [6.45, 7) is 2.33. The molecule has 2 atom stereocenters.